The highest BCUT2D eigenvalue weighted by Crippen LogP contribution is 2.29. The van der Waals surface area contributed by atoms with Gasteiger partial charge in [-0.3, -0.25) is 9.78 Å². The lowest BCUT2D eigenvalue weighted by Gasteiger charge is -2.23. The van der Waals surface area contributed by atoms with Gasteiger partial charge < -0.3 is 11.1 Å². The van der Waals surface area contributed by atoms with Crippen molar-refractivity contribution in [2.75, 3.05) is 11.1 Å². The van der Waals surface area contributed by atoms with Crippen LogP contribution < -0.4 is 11.1 Å². The van der Waals surface area contributed by atoms with E-state index < -0.39 is 0 Å². The largest absolute Gasteiger partial charge is 0.397 e. The van der Waals surface area contributed by atoms with Crippen LogP contribution in [0.1, 0.15) is 36.7 Å². The number of carbonyl (C=O) groups is 1. The van der Waals surface area contributed by atoms with E-state index in [1.54, 1.807) is 12.3 Å². The van der Waals surface area contributed by atoms with Crippen molar-refractivity contribution in [2.45, 2.75) is 26.2 Å². The van der Waals surface area contributed by atoms with Crippen LogP contribution in [-0.2, 0) is 5.41 Å². The Labute approximate surface area is 119 Å². The summed E-state index contributed by atoms with van der Waals surface area (Å²) >= 11 is 0. The number of hydrogen-bond donors (Lipinski definition) is 2. The van der Waals surface area contributed by atoms with Crippen LogP contribution in [0.4, 0.5) is 11.4 Å². The van der Waals surface area contributed by atoms with E-state index in [-0.39, 0.29) is 11.3 Å². The van der Waals surface area contributed by atoms with Gasteiger partial charge >= 0.3 is 0 Å². The fourth-order valence-corrected chi connectivity index (χ4v) is 2.05. The maximum Gasteiger partial charge on any atom is 0.257 e. The summed E-state index contributed by atoms with van der Waals surface area (Å²) in [6.45, 7) is 6.33. The fourth-order valence-electron chi connectivity index (χ4n) is 2.05. The third-order valence-electron chi connectivity index (χ3n) is 3.08. The van der Waals surface area contributed by atoms with Gasteiger partial charge in [-0.15, -0.1) is 0 Å². The molecule has 0 atom stereocenters. The standard InChI is InChI=1S/C16H19N3O/c1-16(2,3)12-6-4-5-7-14(12)19-15(20)11-8-9-18-10-13(11)17/h4-10H,17H2,1-3H3,(H,19,20). The lowest BCUT2D eigenvalue weighted by Crippen LogP contribution is -2.19. The summed E-state index contributed by atoms with van der Waals surface area (Å²) in [5.74, 6) is -0.221. The van der Waals surface area contributed by atoms with Crippen LogP contribution in [0.2, 0.25) is 0 Å². The second-order valence-electron chi connectivity index (χ2n) is 5.71. The molecule has 3 N–H and O–H groups in total. The number of hydrogen-bond acceptors (Lipinski definition) is 3. The van der Waals surface area contributed by atoms with Crippen LogP contribution in [-0.4, -0.2) is 10.9 Å². The van der Waals surface area contributed by atoms with Gasteiger partial charge in [-0.25, -0.2) is 0 Å². The summed E-state index contributed by atoms with van der Waals surface area (Å²) < 4.78 is 0. The summed E-state index contributed by atoms with van der Waals surface area (Å²) in [7, 11) is 0. The van der Waals surface area contributed by atoms with Crippen molar-refractivity contribution < 1.29 is 4.79 Å². The number of carbonyl (C=O) groups excluding carboxylic acids is 1. The van der Waals surface area contributed by atoms with Crippen molar-refractivity contribution in [3.8, 4) is 0 Å². The lowest BCUT2D eigenvalue weighted by molar-refractivity contribution is 0.102. The van der Waals surface area contributed by atoms with Crippen molar-refractivity contribution in [1.29, 1.82) is 0 Å². The van der Waals surface area contributed by atoms with Crippen LogP contribution in [0.3, 0.4) is 0 Å². The Balaban J connectivity index is 2.32. The summed E-state index contributed by atoms with van der Waals surface area (Å²) in [5.41, 5.74) is 8.43. The molecular weight excluding hydrogens is 250 g/mol. The molecule has 0 saturated carbocycles. The second kappa shape index (κ2) is 5.33. The van der Waals surface area contributed by atoms with E-state index in [9.17, 15) is 4.79 Å². The van der Waals surface area contributed by atoms with Crippen LogP contribution >= 0.6 is 0 Å². The van der Waals surface area contributed by atoms with E-state index in [2.05, 4.69) is 31.1 Å². The van der Waals surface area contributed by atoms with Gasteiger partial charge in [0.15, 0.2) is 0 Å². The number of nitrogens with one attached hydrogen (secondary N) is 1. The zero-order valence-electron chi connectivity index (χ0n) is 12.0. The van der Waals surface area contributed by atoms with Crippen molar-refractivity contribution in [2.24, 2.45) is 0 Å². The quantitative estimate of drug-likeness (QED) is 0.879. The van der Waals surface area contributed by atoms with E-state index in [0.717, 1.165) is 11.3 Å². The number of benzene rings is 1. The summed E-state index contributed by atoms with van der Waals surface area (Å²) in [4.78, 5) is 16.2. The Morgan fingerprint density at radius 3 is 2.55 bits per heavy atom. The molecule has 0 bridgehead atoms. The molecular formula is C16H19N3O. The maximum atomic E-state index is 12.3. The number of anilines is 2. The van der Waals surface area contributed by atoms with Crippen molar-refractivity contribution in [3.63, 3.8) is 0 Å². The Morgan fingerprint density at radius 1 is 1.20 bits per heavy atom. The minimum absolute atomic E-state index is 0.0480. The van der Waals surface area contributed by atoms with E-state index >= 15 is 0 Å². The molecule has 0 fully saturated rings. The summed E-state index contributed by atoms with van der Waals surface area (Å²) in [6, 6.07) is 9.41. The minimum Gasteiger partial charge on any atom is -0.397 e. The number of nitrogen functional groups attached to an aromatic ring is 1. The molecule has 2 aromatic rings. The molecule has 1 aromatic carbocycles. The fraction of sp³-hybridized carbons (Fsp3) is 0.250. The molecule has 0 radical (unpaired) electrons. The second-order valence-corrected chi connectivity index (χ2v) is 5.71. The van der Waals surface area contributed by atoms with E-state index in [4.69, 9.17) is 5.73 Å². The van der Waals surface area contributed by atoms with Crippen LogP contribution in [0.25, 0.3) is 0 Å². The molecule has 1 heterocycles. The van der Waals surface area contributed by atoms with Gasteiger partial charge in [0.1, 0.15) is 0 Å². The van der Waals surface area contributed by atoms with E-state index in [1.165, 1.54) is 6.20 Å². The van der Waals surface area contributed by atoms with Gasteiger partial charge in [0, 0.05) is 11.9 Å². The smallest absolute Gasteiger partial charge is 0.257 e. The molecule has 4 nitrogen and oxygen atoms in total. The lowest BCUT2D eigenvalue weighted by atomic mass is 9.86. The molecule has 4 heteroatoms. The maximum absolute atomic E-state index is 12.3. The van der Waals surface area contributed by atoms with Gasteiger partial charge in [0.2, 0.25) is 0 Å². The van der Waals surface area contributed by atoms with Gasteiger partial charge in [0.25, 0.3) is 5.91 Å². The highest BCUT2D eigenvalue weighted by molar-refractivity contribution is 6.07. The molecule has 0 spiro atoms. The number of nitrogens with two attached hydrogens (primary N) is 1. The molecule has 0 unspecified atom stereocenters. The molecule has 1 aromatic heterocycles. The highest BCUT2D eigenvalue weighted by atomic mass is 16.1. The van der Waals surface area contributed by atoms with Crippen LogP contribution in [0.5, 0.6) is 0 Å². The SMILES string of the molecule is CC(C)(C)c1ccccc1NC(=O)c1ccncc1N. The van der Waals surface area contributed by atoms with Crippen molar-refractivity contribution in [3.05, 3.63) is 53.9 Å². The monoisotopic (exact) mass is 269 g/mol. The van der Waals surface area contributed by atoms with E-state index in [0.29, 0.717) is 11.3 Å². The Hall–Kier alpha value is -2.36. The normalized spacial score (nSPS) is 11.2. The van der Waals surface area contributed by atoms with Crippen molar-refractivity contribution in [1.82, 2.24) is 4.98 Å². The van der Waals surface area contributed by atoms with Gasteiger partial charge in [-0.2, -0.15) is 0 Å². The number of pyridine rings is 1. The van der Waals surface area contributed by atoms with Gasteiger partial charge in [0.05, 0.1) is 17.4 Å². The molecule has 0 aliphatic rings. The molecule has 2 rings (SSSR count). The number of aromatic nitrogens is 1. The predicted octanol–water partition coefficient (Wildman–Crippen LogP) is 3.21. The molecule has 0 saturated heterocycles. The molecule has 0 aliphatic heterocycles. The van der Waals surface area contributed by atoms with Crippen LogP contribution in [0, 0.1) is 0 Å². The molecule has 1 amide bonds. The zero-order chi connectivity index (χ0) is 14.8. The highest BCUT2D eigenvalue weighted by Gasteiger charge is 2.19. The zero-order valence-corrected chi connectivity index (χ0v) is 12.0. The molecule has 20 heavy (non-hydrogen) atoms. The average molecular weight is 269 g/mol. The molecule has 0 aliphatic carbocycles. The van der Waals surface area contributed by atoms with Crippen molar-refractivity contribution >= 4 is 17.3 Å². The first-order valence-electron chi connectivity index (χ1n) is 6.50. The van der Waals surface area contributed by atoms with Gasteiger partial charge in [-0.05, 0) is 23.1 Å². The number of amides is 1. The van der Waals surface area contributed by atoms with Crippen LogP contribution in [0.15, 0.2) is 42.7 Å². The minimum atomic E-state index is -0.221. The number of rotatable bonds is 2. The third kappa shape index (κ3) is 2.96. The number of nitrogens with zero attached hydrogens (tertiary/aromatic N) is 1. The third-order valence-corrected chi connectivity index (χ3v) is 3.08. The summed E-state index contributed by atoms with van der Waals surface area (Å²) in [5, 5.41) is 2.93. The Kier molecular flexibility index (Phi) is 3.74. The predicted molar refractivity (Wildman–Crippen MR) is 81.7 cm³/mol. The first-order valence-corrected chi connectivity index (χ1v) is 6.50. The first-order chi connectivity index (χ1) is 9.39. The average Bonchev–Trinajstić information content (AvgIpc) is 2.38. The molecule has 104 valence electrons. The topological polar surface area (TPSA) is 68.0 Å². The van der Waals surface area contributed by atoms with Gasteiger partial charge in [-0.1, -0.05) is 39.0 Å². The first kappa shape index (κ1) is 14.1. The summed E-state index contributed by atoms with van der Waals surface area (Å²) in [6.07, 6.45) is 3.03. The van der Waals surface area contributed by atoms with E-state index in [1.807, 2.05) is 24.3 Å². The number of para-hydroxylation sites is 1. The Bertz CT molecular complexity index is 630. The Morgan fingerprint density at radius 2 is 1.90 bits per heavy atom.